The monoisotopic (exact) mass is 277 g/mol. The summed E-state index contributed by atoms with van der Waals surface area (Å²) in [5, 5.41) is 0. The molecule has 0 amide bonds. The van der Waals surface area contributed by atoms with Crippen LogP contribution in [0.3, 0.4) is 0 Å². The molecule has 112 valence electrons. The van der Waals surface area contributed by atoms with Gasteiger partial charge in [-0.05, 0) is 48.8 Å². The highest BCUT2D eigenvalue weighted by molar-refractivity contribution is 5.43. The Labute approximate surface area is 122 Å². The number of nitrogens with two attached hydrogens (primary N) is 1. The fraction of sp³-hybridized carbons (Fsp3) is 0.647. The SMILES string of the molecule is CCC1CCC(CN)C(c2ccc(OC)cc2OC)C1. The Balaban J connectivity index is 2.30. The fourth-order valence-electron chi connectivity index (χ4n) is 3.48. The molecular weight excluding hydrogens is 250 g/mol. The van der Waals surface area contributed by atoms with Gasteiger partial charge >= 0.3 is 0 Å². The lowest BCUT2D eigenvalue weighted by Gasteiger charge is -2.36. The summed E-state index contributed by atoms with van der Waals surface area (Å²) in [7, 11) is 3.42. The van der Waals surface area contributed by atoms with Crippen LogP contribution >= 0.6 is 0 Å². The molecule has 20 heavy (non-hydrogen) atoms. The van der Waals surface area contributed by atoms with Gasteiger partial charge in [0.25, 0.3) is 0 Å². The van der Waals surface area contributed by atoms with Crippen molar-refractivity contribution in [3.05, 3.63) is 23.8 Å². The molecular formula is C17H27NO2. The largest absolute Gasteiger partial charge is 0.497 e. The summed E-state index contributed by atoms with van der Waals surface area (Å²) >= 11 is 0. The molecule has 1 aromatic carbocycles. The Morgan fingerprint density at radius 1 is 1.20 bits per heavy atom. The summed E-state index contributed by atoms with van der Waals surface area (Å²) in [6.07, 6.45) is 5.02. The summed E-state index contributed by atoms with van der Waals surface area (Å²) in [6, 6.07) is 6.17. The summed E-state index contributed by atoms with van der Waals surface area (Å²) < 4.78 is 10.9. The molecule has 1 saturated carbocycles. The highest BCUT2D eigenvalue weighted by Crippen LogP contribution is 2.44. The van der Waals surface area contributed by atoms with Crippen molar-refractivity contribution in [2.45, 2.75) is 38.5 Å². The summed E-state index contributed by atoms with van der Waals surface area (Å²) in [5.74, 6) is 3.68. The van der Waals surface area contributed by atoms with Gasteiger partial charge in [-0.3, -0.25) is 0 Å². The van der Waals surface area contributed by atoms with Crippen LogP contribution in [0.1, 0.15) is 44.1 Å². The summed E-state index contributed by atoms with van der Waals surface area (Å²) in [6.45, 7) is 3.05. The van der Waals surface area contributed by atoms with Gasteiger partial charge in [-0.1, -0.05) is 25.8 Å². The summed E-state index contributed by atoms with van der Waals surface area (Å²) in [5.41, 5.74) is 7.29. The smallest absolute Gasteiger partial charge is 0.126 e. The van der Waals surface area contributed by atoms with E-state index in [1.165, 1.54) is 31.2 Å². The molecule has 3 nitrogen and oxygen atoms in total. The molecule has 0 aliphatic heterocycles. The second-order valence-corrected chi connectivity index (χ2v) is 5.80. The number of methoxy groups -OCH3 is 2. The Kier molecular flexibility index (Phi) is 5.30. The van der Waals surface area contributed by atoms with Crippen LogP contribution in [0.5, 0.6) is 11.5 Å². The van der Waals surface area contributed by atoms with Crippen molar-refractivity contribution >= 4 is 0 Å². The lowest BCUT2D eigenvalue weighted by molar-refractivity contribution is 0.231. The van der Waals surface area contributed by atoms with Crippen molar-refractivity contribution in [3.63, 3.8) is 0 Å². The van der Waals surface area contributed by atoms with Crippen molar-refractivity contribution < 1.29 is 9.47 Å². The van der Waals surface area contributed by atoms with Gasteiger partial charge in [-0.15, -0.1) is 0 Å². The van der Waals surface area contributed by atoms with Crippen LogP contribution in [0.25, 0.3) is 0 Å². The topological polar surface area (TPSA) is 44.5 Å². The van der Waals surface area contributed by atoms with E-state index in [-0.39, 0.29) is 0 Å². The maximum atomic E-state index is 6.00. The Morgan fingerprint density at radius 2 is 2.00 bits per heavy atom. The van der Waals surface area contributed by atoms with Crippen molar-refractivity contribution in [1.82, 2.24) is 0 Å². The normalized spacial score (nSPS) is 26.3. The highest BCUT2D eigenvalue weighted by Gasteiger charge is 2.31. The van der Waals surface area contributed by atoms with Crippen molar-refractivity contribution in [3.8, 4) is 11.5 Å². The first-order valence-electron chi connectivity index (χ1n) is 7.65. The predicted molar refractivity (Wildman–Crippen MR) is 82.5 cm³/mol. The maximum Gasteiger partial charge on any atom is 0.126 e. The zero-order chi connectivity index (χ0) is 14.5. The average Bonchev–Trinajstić information content (AvgIpc) is 2.53. The molecule has 3 heteroatoms. The van der Waals surface area contributed by atoms with E-state index in [2.05, 4.69) is 13.0 Å². The van der Waals surface area contributed by atoms with E-state index in [0.29, 0.717) is 11.8 Å². The number of rotatable bonds is 5. The lowest BCUT2D eigenvalue weighted by atomic mass is 9.70. The minimum atomic E-state index is 0.513. The maximum absolute atomic E-state index is 6.00. The molecule has 0 saturated heterocycles. The number of benzene rings is 1. The van der Waals surface area contributed by atoms with Crippen LogP contribution in [-0.4, -0.2) is 20.8 Å². The Morgan fingerprint density at radius 3 is 2.60 bits per heavy atom. The first-order chi connectivity index (χ1) is 9.73. The third-order valence-electron chi connectivity index (χ3n) is 4.82. The molecule has 2 rings (SSSR count). The average molecular weight is 277 g/mol. The third-order valence-corrected chi connectivity index (χ3v) is 4.82. The molecule has 0 aromatic heterocycles. The molecule has 0 heterocycles. The quantitative estimate of drug-likeness (QED) is 0.894. The van der Waals surface area contributed by atoms with E-state index >= 15 is 0 Å². The molecule has 3 atom stereocenters. The lowest BCUT2D eigenvalue weighted by Crippen LogP contribution is -2.29. The van der Waals surface area contributed by atoms with Crippen LogP contribution in [0.4, 0.5) is 0 Å². The molecule has 0 bridgehead atoms. The highest BCUT2D eigenvalue weighted by atomic mass is 16.5. The number of hydrogen-bond donors (Lipinski definition) is 1. The standard InChI is InChI=1S/C17H27NO2/c1-4-12-5-6-13(11-18)16(9-12)15-8-7-14(19-2)10-17(15)20-3/h7-8,10,12-13,16H,4-6,9,11,18H2,1-3H3. The van der Waals surface area contributed by atoms with Crippen molar-refractivity contribution in [2.75, 3.05) is 20.8 Å². The van der Waals surface area contributed by atoms with Gasteiger partial charge in [0.15, 0.2) is 0 Å². The minimum absolute atomic E-state index is 0.513. The van der Waals surface area contributed by atoms with E-state index in [1.54, 1.807) is 14.2 Å². The first kappa shape index (κ1) is 15.2. The predicted octanol–water partition coefficient (Wildman–Crippen LogP) is 3.57. The Bertz CT molecular complexity index is 433. The van der Waals surface area contributed by atoms with Crippen LogP contribution < -0.4 is 15.2 Å². The van der Waals surface area contributed by atoms with E-state index in [4.69, 9.17) is 15.2 Å². The van der Waals surface area contributed by atoms with Gasteiger partial charge in [0.2, 0.25) is 0 Å². The zero-order valence-corrected chi connectivity index (χ0v) is 12.9. The molecule has 2 N–H and O–H groups in total. The zero-order valence-electron chi connectivity index (χ0n) is 12.9. The van der Waals surface area contributed by atoms with Gasteiger partial charge in [0.05, 0.1) is 14.2 Å². The number of hydrogen-bond acceptors (Lipinski definition) is 3. The molecule has 1 fully saturated rings. The number of ether oxygens (including phenoxy) is 2. The van der Waals surface area contributed by atoms with Crippen LogP contribution in [0, 0.1) is 11.8 Å². The second kappa shape index (κ2) is 6.98. The van der Waals surface area contributed by atoms with Gasteiger partial charge in [-0.25, -0.2) is 0 Å². The van der Waals surface area contributed by atoms with Crippen molar-refractivity contribution in [1.29, 1.82) is 0 Å². The first-order valence-corrected chi connectivity index (χ1v) is 7.65. The van der Waals surface area contributed by atoms with Gasteiger partial charge in [0, 0.05) is 6.07 Å². The van der Waals surface area contributed by atoms with E-state index < -0.39 is 0 Å². The van der Waals surface area contributed by atoms with E-state index in [9.17, 15) is 0 Å². The fourth-order valence-corrected chi connectivity index (χ4v) is 3.48. The molecule has 1 aliphatic rings. The van der Waals surface area contributed by atoms with Gasteiger partial charge in [0.1, 0.15) is 11.5 Å². The Hall–Kier alpha value is -1.22. The minimum Gasteiger partial charge on any atom is -0.497 e. The van der Waals surface area contributed by atoms with E-state index in [0.717, 1.165) is 24.0 Å². The van der Waals surface area contributed by atoms with Crippen LogP contribution in [0.2, 0.25) is 0 Å². The van der Waals surface area contributed by atoms with E-state index in [1.807, 2.05) is 12.1 Å². The van der Waals surface area contributed by atoms with Crippen molar-refractivity contribution in [2.24, 2.45) is 17.6 Å². The molecule has 3 unspecified atom stereocenters. The second-order valence-electron chi connectivity index (χ2n) is 5.80. The van der Waals surface area contributed by atoms with Crippen LogP contribution in [0.15, 0.2) is 18.2 Å². The summed E-state index contributed by atoms with van der Waals surface area (Å²) in [4.78, 5) is 0. The molecule has 0 spiro atoms. The van der Waals surface area contributed by atoms with Gasteiger partial charge < -0.3 is 15.2 Å². The van der Waals surface area contributed by atoms with Crippen LogP contribution in [-0.2, 0) is 0 Å². The molecule has 1 aliphatic carbocycles. The van der Waals surface area contributed by atoms with Gasteiger partial charge in [-0.2, -0.15) is 0 Å². The molecule has 0 radical (unpaired) electrons. The third kappa shape index (κ3) is 3.09. The molecule has 1 aromatic rings.